The number of hydrogen-bond acceptors (Lipinski definition) is 5. The maximum absolute atomic E-state index is 6.17. The molecule has 122 valence electrons. The van der Waals surface area contributed by atoms with Gasteiger partial charge in [0.15, 0.2) is 0 Å². The molecule has 5 heteroatoms. The topological polar surface area (TPSA) is 57.4 Å². The summed E-state index contributed by atoms with van der Waals surface area (Å²) in [4.78, 5) is 4.55. The van der Waals surface area contributed by atoms with Crippen LogP contribution < -0.4 is 0 Å². The van der Waals surface area contributed by atoms with E-state index in [0.29, 0.717) is 24.2 Å². The second-order valence-electron chi connectivity index (χ2n) is 6.86. The van der Waals surface area contributed by atoms with E-state index < -0.39 is 0 Å². The average molecular weight is 314 g/mol. The van der Waals surface area contributed by atoms with Crippen LogP contribution in [0.3, 0.4) is 0 Å². The van der Waals surface area contributed by atoms with Gasteiger partial charge in [-0.2, -0.15) is 4.98 Å². The molecule has 0 radical (unpaired) electrons. The van der Waals surface area contributed by atoms with Crippen LogP contribution in [0.25, 0.3) is 11.4 Å². The summed E-state index contributed by atoms with van der Waals surface area (Å²) in [5.74, 6) is 1.72. The highest BCUT2D eigenvalue weighted by Crippen LogP contribution is 2.43. The Kier molecular flexibility index (Phi) is 3.70. The normalized spacial score (nSPS) is 27.3. The molecule has 1 aromatic carbocycles. The van der Waals surface area contributed by atoms with Crippen molar-refractivity contribution in [3.8, 4) is 11.4 Å². The van der Waals surface area contributed by atoms with Crippen molar-refractivity contribution in [3.05, 3.63) is 35.7 Å². The Bertz CT molecular complexity index is 672. The fourth-order valence-electron chi connectivity index (χ4n) is 3.37. The zero-order valence-electron chi connectivity index (χ0n) is 13.6. The van der Waals surface area contributed by atoms with Crippen molar-refractivity contribution in [2.24, 2.45) is 0 Å². The van der Waals surface area contributed by atoms with Crippen molar-refractivity contribution in [1.29, 1.82) is 0 Å². The summed E-state index contributed by atoms with van der Waals surface area (Å²) in [6.45, 7) is 5.83. The Hall–Kier alpha value is -1.72. The van der Waals surface area contributed by atoms with Crippen LogP contribution in [0.4, 0.5) is 0 Å². The van der Waals surface area contributed by atoms with E-state index in [1.165, 1.54) is 5.56 Å². The fraction of sp³-hybridized carbons (Fsp3) is 0.556. The van der Waals surface area contributed by atoms with Crippen molar-refractivity contribution >= 4 is 0 Å². The second-order valence-corrected chi connectivity index (χ2v) is 6.86. The molecule has 2 atom stereocenters. The molecule has 1 aromatic heterocycles. The summed E-state index contributed by atoms with van der Waals surface area (Å²) in [7, 11) is 0. The van der Waals surface area contributed by atoms with Gasteiger partial charge in [-0.05, 0) is 24.3 Å². The van der Waals surface area contributed by atoms with Crippen LogP contribution in [0.2, 0.25) is 0 Å². The molecule has 1 spiro atoms. The molecule has 5 nitrogen and oxygen atoms in total. The lowest BCUT2D eigenvalue weighted by molar-refractivity contribution is -0.0556. The van der Waals surface area contributed by atoms with Crippen molar-refractivity contribution in [2.75, 3.05) is 13.2 Å². The van der Waals surface area contributed by atoms with E-state index in [1.54, 1.807) is 0 Å². The molecule has 23 heavy (non-hydrogen) atoms. The van der Waals surface area contributed by atoms with E-state index in [4.69, 9.17) is 14.0 Å². The largest absolute Gasteiger partial charge is 0.378 e. The Morgan fingerprint density at radius 3 is 2.70 bits per heavy atom. The quantitative estimate of drug-likeness (QED) is 0.860. The van der Waals surface area contributed by atoms with Crippen molar-refractivity contribution in [2.45, 2.75) is 50.7 Å². The monoisotopic (exact) mass is 314 g/mol. The number of aromatic nitrogens is 2. The van der Waals surface area contributed by atoms with Gasteiger partial charge >= 0.3 is 0 Å². The van der Waals surface area contributed by atoms with E-state index >= 15 is 0 Å². The number of nitrogens with zero attached hydrogens (tertiary/aromatic N) is 2. The van der Waals surface area contributed by atoms with Crippen LogP contribution in [0.1, 0.15) is 56.6 Å². The zero-order valence-corrected chi connectivity index (χ0v) is 13.6. The first-order chi connectivity index (χ1) is 11.2. The molecule has 2 aliphatic heterocycles. The highest BCUT2D eigenvalue weighted by Gasteiger charge is 2.45. The number of ether oxygens (including phenoxy) is 2. The molecule has 0 aliphatic carbocycles. The van der Waals surface area contributed by atoms with Gasteiger partial charge in [-0.15, -0.1) is 0 Å². The molecule has 0 bridgehead atoms. The first kappa shape index (κ1) is 14.8. The molecule has 2 aromatic rings. The summed E-state index contributed by atoms with van der Waals surface area (Å²) in [6.07, 6.45) is 2.77. The van der Waals surface area contributed by atoms with Crippen LogP contribution in [0, 0.1) is 0 Å². The first-order valence-corrected chi connectivity index (χ1v) is 8.35. The van der Waals surface area contributed by atoms with E-state index in [2.05, 4.69) is 36.1 Å². The van der Waals surface area contributed by atoms with Gasteiger partial charge in [0.25, 0.3) is 5.89 Å². The summed E-state index contributed by atoms with van der Waals surface area (Å²) in [6, 6.07) is 8.33. The van der Waals surface area contributed by atoms with Crippen LogP contribution in [-0.4, -0.2) is 29.0 Å². The minimum absolute atomic E-state index is 0.104. The molecular weight excluding hydrogens is 292 g/mol. The zero-order chi connectivity index (χ0) is 15.9. The van der Waals surface area contributed by atoms with Gasteiger partial charge in [0, 0.05) is 18.6 Å². The standard InChI is InChI=1S/C18H22N2O3/c1-12(2)13-3-5-14(6-4-13)16-19-17(23-20-16)15-7-8-18(22-15)9-10-21-11-18/h3-6,12,15H,7-11H2,1-2H3. The van der Waals surface area contributed by atoms with Gasteiger partial charge in [0.2, 0.25) is 5.82 Å². The number of hydrogen-bond donors (Lipinski definition) is 0. The second kappa shape index (κ2) is 5.73. The Balaban J connectivity index is 1.50. The van der Waals surface area contributed by atoms with Crippen molar-refractivity contribution in [3.63, 3.8) is 0 Å². The van der Waals surface area contributed by atoms with Crippen LogP contribution in [0.5, 0.6) is 0 Å². The third-order valence-corrected chi connectivity index (χ3v) is 4.87. The van der Waals surface area contributed by atoms with Crippen LogP contribution >= 0.6 is 0 Å². The minimum atomic E-state index is -0.127. The lowest BCUT2D eigenvalue weighted by atomic mass is 9.99. The molecule has 2 saturated heterocycles. The fourth-order valence-corrected chi connectivity index (χ4v) is 3.37. The first-order valence-electron chi connectivity index (χ1n) is 8.35. The third kappa shape index (κ3) is 2.79. The Morgan fingerprint density at radius 2 is 2.00 bits per heavy atom. The van der Waals surface area contributed by atoms with Gasteiger partial charge in [-0.1, -0.05) is 43.3 Å². The van der Waals surface area contributed by atoms with Gasteiger partial charge in [-0.25, -0.2) is 0 Å². The minimum Gasteiger partial charge on any atom is -0.378 e. The highest BCUT2D eigenvalue weighted by atomic mass is 16.6. The molecule has 2 fully saturated rings. The number of benzene rings is 1. The molecule has 3 heterocycles. The summed E-state index contributed by atoms with van der Waals surface area (Å²) in [5, 5.41) is 4.12. The van der Waals surface area contributed by atoms with E-state index in [0.717, 1.165) is 31.4 Å². The van der Waals surface area contributed by atoms with Crippen LogP contribution in [0.15, 0.2) is 28.8 Å². The lowest BCUT2D eigenvalue weighted by Gasteiger charge is -2.20. The van der Waals surface area contributed by atoms with Gasteiger partial charge in [-0.3, -0.25) is 0 Å². The molecule has 0 N–H and O–H groups in total. The Labute approximate surface area is 136 Å². The molecule has 0 saturated carbocycles. The Morgan fingerprint density at radius 1 is 1.17 bits per heavy atom. The summed E-state index contributed by atoms with van der Waals surface area (Å²) < 4.78 is 17.1. The van der Waals surface area contributed by atoms with E-state index in [9.17, 15) is 0 Å². The van der Waals surface area contributed by atoms with E-state index in [-0.39, 0.29) is 11.7 Å². The molecule has 4 rings (SSSR count). The average Bonchev–Trinajstić information content (AvgIpc) is 3.29. The van der Waals surface area contributed by atoms with Gasteiger partial charge < -0.3 is 14.0 Å². The SMILES string of the molecule is CC(C)c1ccc(-c2noc(C3CCC4(CCOC4)O3)n2)cc1. The highest BCUT2D eigenvalue weighted by molar-refractivity contribution is 5.54. The predicted octanol–water partition coefficient (Wildman–Crippen LogP) is 3.87. The maximum atomic E-state index is 6.17. The van der Waals surface area contributed by atoms with Crippen molar-refractivity contribution < 1.29 is 14.0 Å². The van der Waals surface area contributed by atoms with Gasteiger partial charge in [0.1, 0.15) is 6.10 Å². The predicted molar refractivity (Wildman–Crippen MR) is 85.1 cm³/mol. The number of rotatable bonds is 3. The molecule has 0 amide bonds. The van der Waals surface area contributed by atoms with Gasteiger partial charge in [0.05, 0.1) is 12.2 Å². The van der Waals surface area contributed by atoms with Crippen molar-refractivity contribution in [1.82, 2.24) is 10.1 Å². The maximum Gasteiger partial charge on any atom is 0.256 e. The lowest BCUT2D eigenvalue weighted by Crippen LogP contribution is -2.27. The van der Waals surface area contributed by atoms with E-state index in [1.807, 2.05) is 12.1 Å². The third-order valence-electron chi connectivity index (χ3n) is 4.87. The van der Waals surface area contributed by atoms with Crippen LogP contribution in [-0.2, 0) is 9.47 Å². The molecular formula is C18H22N2O3. The molecule has 2 aliphatic rings. The summed E-state index contributed by atoms with van der Waals surface area (Å²) in [5.41, 5.74) is 2.15. The smallest absolute Gasteiger partial charge is 0.256 e. The molecule has 2 unspecified atom stereocenters. The summed E-state index contributed by atoms with van der Waals surface area (Å²) >= 11 is 0.